The largest absolute Gasteiger partial charge is 0.378 e. The van der Waals surface area contributed by atoms with Gasteiger partial charge in [-0.1, -0.05) is 41.4 Å². The smallest absolute Gasteiger partial charge is 0.292 e. The van der Waals surface area contributed by atoms with Gasteiger partial charge in [0.25, 0.3) is 11.5 Å². The zero-order valence-electron chi connectivity index (χ0n) is 17.4. The topological polar surface area (TPSA) is 85.2 Å². The van der Waals surface area contributed by atoms with E-state index in [0.717, 1.165) is 24.0 Å². The summed E-state index contributed by atoms with van der Waals surface area (Å²) in [6, 6.07) is 12.7. The third-order valence-electron chi connectivity index (χ3n) is 5.22. The van der Waals surface area contributed by atoms with Gasteiger partial charge < -0.3 is 15.4 Å². The van der Waals surface area contributed by atoms with Crippen molar-refractivity contribution >= 4 is 40.5 Å². The maximum absolute atomic E-state index is 12.7. The number of aryl methyl sites for hydroxylation is 1. The number of carbonyl (C=O) groups excluding carboxylic acids is 1. The summed E-state index contributed by atoms with van der Waals surface area (Å²) in [6.45, 7) is 2.89. The number of aromatic nitrogens is 2. The number of nitrogens with zero attached hydrogens (tertiary/aromatic N) is 2. The summed E-state index contributed by atoms with van der Waals surface area (Å²) in [5.41, 5.74) is 2.99. The van der Waals surface area contributed by atoms with E-state index in [1.165, 1.54) is 10.9 Å². The maximum atomic E-state index is 12.7. The maximum Gasteiger partial charge on any atom is 0.292 e. The van der Waals surface area contributed by atoms with Crippen molar-refractivity contribution in [3.8, 4) is 5.69 Å². The highest BCUT2D eigenvalue weighted by atomic mass is 35.5. The molecule has 7 nitrogen and oxygen atoms in total. The number of ether oxygens (including phenoxy) is 1. The Bertz CT molecular complexity index is 1210. The minimum Gasteiger partial charge on any atom is -0.378 e. The van der Waals surface area contributed by atoms with Gasteiger partial charge in [-0.25, -0.2) is 0 Å². The molecule has 0 spiro atoms. The number of hydrogen-bond acceptors (Lipinski definition) is 5. The Balaban J connectivity index is 1.46. The Morgan fingerprint density at radius 1 is 1.25 bits per heavy atom. The fourth-order valence-electron chi connectivity index (χ4n) is 3.42. The minimum atomic E-state index is -0.450. The summed E-state index contributed by atoms with van der Waals surface area (Å²) in [4.78, 5) is 25.0. The molecule has 0 aliphatic carbocycles. The third kappa shape index (κ3) is 4.96. The lowest BCUT2D eigenvalue weighted by atomic mass is 10.2. The monoisotopic (exact) mass is 472 g/mol. The first-order valence-electron chi connectivity index (χ1n) is 10.2. The third-order valence-corrected chi connectivity index (χ3v) is 5.99. The second-order valence-corrected chi connectivity index (χ2v) is 8.35. The van der Waals surface area contributed by atoms with Gasteiger partial charge in [-0.15, -0.1) is 0 Å². The standard InChI is InChI=1S/C23H22Cl2N4O3/c1-14-7-8-17(11-18(14)24)29-23(31)21(25)19(13-27-29)26-12-15-4-2-5-16(10-15)28-22(30)20-6-3-9-32-20/h2,4-5,7-8,10-11,13,20,26H,3,6,9,12H2,1H3,(H,28,30). The SMILES string of the molecule is Cc1ccc(-n2ncc(NCc3cccc(NC(=O)C4CCCO4)c3)c(Cl)c2=O)cc1Cl. The van der Waals surface area contributed by atoms with E-state index in [1.54, 1.807) is 12.1 Å². The van der Waals surface area contributed by atoms with Gasteiger partial charge in [0.05, 0.1) is 17.6 Å². The van der Waals surface area contributed by atoms with Crippen molar-refractivity contribution in [1.82, 2.24) is 9.78 Å². The van der Waals surface area contributed by atoms with Gasteiger partial charge in [-0.2, -0.15) is 9.78 Å². The van der Waals surface area contributed by atoms with Crippen LogP contribution in [0.5, 0.6) is 0 Å². The normalized spacial score (nSPS) is 15.5. The van der Waals surface area contributed by atoms with E-state index in [2.05, 4.69) is 15.7 Å². The highest BCUT2D eigenvalue weighted by Gasteiger charge is 2.23. The van der Waals surface area contributed by atoms with Gasteiger partial charge in [0.1, 0.15) is 11.1 Å². The first-order chi connectivity index (χ1) is 15.4. The van der Waals surface area contributed by atoms with Crippen molar-refractivity contribution in [1.29, 1.82) is 0 Å². The zero-order valence-corrected chi connectivity index (χ0v) is 18.9. The summed E-state index contributed by atoms with van der Waals surface area (Å²) >= 11 is 12.5. The van der Waals surface area contributed by atoms with Gasteiger partial charge in [-0.3, -0.25) is 9.59 Å². The number of anilines is 2. The fourth-order valence-corrected chi connectivity index (χ4v) is 3.79. The number of amides is 1. The van der Waals surface area contributed by atoms with Crippen LogP contribution in [0.2, 0.25) is 10.0 Å². The lowest BCUT2D eigenvalue weighted by molar-refractivity contribution is -0.124. The number of rotatable bonds is 6. The molecular weight excluding hydrogens is 451 g/mol. The van der Waals surface area contributed by atoms with E-state index in [9.17, 15) is 9.59 Å². The Kier molecular flexibility index (Phi) is 6.79. The first-order valence-corrected chi connectivity index (χ1v) is 11.0. The van der Waals surface area contributed by atoms with Gasteiger partial charge in [0, 0.05) is 23.9 Å². The molecule has 2 N–H and O–H groups in total. The number of benzene rings is 2. The number of halogens is 2. The van der Waals surface area contributed by atoms with Gasteiger partial charge in [0.15, 0.2) is 0 Å². The molecule has 32 heavy (non-hydrogen) atoms. The van der Waals surface area contributed by atoms with E-state index in [0.29, 0.717) is 35.2 Å². The molecule has 9 heteroatoms. The summed E-state index contributed by atoms with van der Waals surface area (Å²) in [5.74, 6) is -0.139. The lowest BCUT2D eigenvalue weighted by Crippen LogP contribution is -2.26. The van der Waals surface area contributed by atoms with Gasteiger partial charge in [0.2, 0.25) is 0 Å². The average Bonchev–Trinajstić information content (AvgIpc) is 3.32. The highest BCUT2D eigenvalue weighted by molar-refractivity contribution is 6.33. The summed E-state index contributed by atoms with van der Waals surface area (Å²) in [6.07, 6.45) is 2.74. The van der Waals surface area contributed by atoms with Crippen LogP contribution in [0.15, 0.2) is 53.5 Å². The predicted octanol–water partition coefficient (Wildman–Crippen LogP) is 4.58. The molecule has 1 aliphatic heterocycles. The van der Waals surface area contributed by atoms with Gasteiger partial charge in [-0.05, 0) is 55.2 Å². The van der Waals surface area contributed by atoms with Crippen molar-refractivity contribution in [3.05, 3.63) is 80.2 Å². The van der Waals surface area contributed by atoms with E-state index >= 15 is 0 Å². The van der Waals surface area contributed by atoms with E-state index in [-0.39, 0.29) is 10.9 Å². The Morgan fingerprint density at radius 2 is 2.09 bits per heavy atom. The van der Waals surface area contributed by atoms with Crippen LogP contribution in [0, 0.1) is 6.92 Å². The van der Waals surface area contributed by atoms with Crippen LogP contribution in [0.4, 0.5) is 11.4 Å². The predicted molar refractivity (Wildman–Crippen MR) is 126 cm³/mol. The molecule has 1 fully saturated rings. The quantitative estimate of drug-likeness (QED) is 0.548. The number of hydrogen-bond donors (Lipinski definition) is 2. The highest BCUT2D eigenvalue weighted by Crippen LogP contribution is 2.22. The van der Waals surface area contributed by atoms with Gasteiger partial charge >= 0.3 is 0 Å². The Morgan fingerprint density at radius 3 is 2.84 bits per heavy atom. The summed E-state index contributed by atoms with van der Waals surface area (Å²) < 4.78 is 6.62. The first kappa shape index (κ1) is 22.3. The zero-order chi connectivity index (χ0) is 22.7. The summed E-state index contributed by atoms with van der Waals surface area (Å²) in [5, 5.41) is 10.8. The van der Waals surface area contributed by atoms with E-state index in [4.69, 9.17) is 27.9 Å². The van der Waals surface area contributed by atoms with E-state index < -0.39 is 11.7 Å². The van der Waals surface area contributed by atoms with Crippen LogP contribution in [-0.4, -0.2) is 28.4 Å². The molecule has 2 heterocycles. The second-order valence-electron chi connectivity index (χ2n) is 7.57. The molecule has 166 valence electrons. The fraction of sp³-hybridized carbons (Fsp3) is 0.261. The molecule has 3 aromatic rings. The van der Waals surface area contributed by atoms with Crippen molar-refractivity contribution in [2.24, 2.45) is 0 Å². The Labute approximate surface area is 195 Å². The van der Waals surface area contributed by atoms with Crippen LogP contribution in [0.1, 0.15) is 24.0 Å². The van der Waals surface area contributed by atoms with Crippen LogP contribution in [0.3, 0.4) is 0 Å². The second kappa shape index (κ2) is 9.73. The average molecular weight is 473 g/mol. The molecule has 0 radical (unpaired) electrons. The summed E-state index contributed by atoms with van der Waals surface area (Å²) in [7, 11) is 0. The minimum absolute atomic E-state index is 0.0273. The van der Waals surface area contributed by atoms with Crippen LogP contribution >= 0.6 is 23.2 Å². The molecule has 1 atom stereocenters. The van der Waals surface area contributed by atoms with Crippen molar-refractivity contribution in [2.45, 2.75) is 32.4 Å². The molecule has 1 saturated heterocycles. The van der Waals surface area contributed by atoms with Crippen molar-refractivity contribution in [3.63, 3.8) is 0 Å². The number of carbonyl (C=O) groups is 1. The van der Waals surface area contributed by atoms with Crippen molar-refractivity contribution in [2.75, 3.05) is 17.2 Å². The molecule has 1 amide bonds. The van der Waals surface area contributed by atoms with Crippen LogP contribution in [0.25, 0.3) is 5.69 Å². The Hall–Kier alpha value is -2.87. The molecule has 0 bridgehead atoms. The molecule has 2 aromatic carbocycles. The molecule has 1 unspecified atom stereocenters. The molecule has 4 rings (SSSR count). The molecule has 1 aliphatic rings. The molecule has 0 saturated carbocycles. The molecule has 1 aromatic heterocycles. The van der Waals surface area contributed by atoms with E-state index in [1.807, 2.05) is 37.3 Å². The van der Waals surface area contributed by atoms with Crippen LogP contribution in [-0.2, 0) is 16.1 Å². The van der Waals surface area contributed by atoms with Crippen LogP contribution < -0.4 is 16.2 Å². The lowest BCUT2D eigenvalue weighted by Gasteiger charge is -2.13. The van der Waals surface area contributed by atoms with Crippen molar-refractivity contribution < 1.29 is 9.53 Å². The molecular formula is C23H22Cl2N4O3. The number of nitrogens with one attached hydrogen (secondary N) is 2.